The quantitative estimate of drug-likeness (QED) is 0.0804. The fraction of sp³-hybridized carbons (Fsp3) is 0. The van der Waals surface area contributed by atoms with Crippen molar-refractivity contribution < 1.29 is 0 Å². The number of hydrogen-bond donors (Lipinski definition) is 0. The van der Waals surface area contributed by atoms with Crippen molar-refractivity contribution in [2.45, 2.75) is 0 Å². The fourth-order valence-electron chi connectivity index (χ4n) is 21.1. The maximum Gasteiger partial charge on any atom is 0.0541 e. The molecule has 0 aliphatic rings. The molecule has 2 aromatic heterocycles. The van der Waals surface area contributed by atoms with E-state index in [1.807, 2.05) is 0 Å². The van der Waals surface area contributed by atoms with E-state index in [0.717, 1.165) is 11.4 Å². The molecule has 0 amide bonds. The minimum absolute atomic E-state index is 1.13. The Hall–Kier alpha value is -18.3. The lowest BCUT2D eigenvalue weighted by Crippen LogP contribution is -1.95. The second kappa shape index (κ2) is 36.5. The predicted molar refractivity (Wildman–Crippen MR) is 596 cm³/mol. The third-order valence-corrected chi connectivity index (χ3v) is 28.1. The molecule has 0 radical (unpaired) electrons. The lowest BCUT2D eigenvalue weighted by Gasteiger charge is -2.15. The highest BCUT2D eigenvalue weighted by atomic mass is 15.0. The Morgan fingerprint density at radius 3 is 0.514 bits per heavy atom. The number of hydrogen-bond acceptors (Lipinski definition) is 0. The number of nitrogens with zero attached hydrogens (tertiary/aromatic N) is 2. The largest absolute Gasteiger partial charge is 0.309 e. The molecular weight excluding hydrogens is 1690 g/mol. The summed E-state index contributed by atoms with van der Waals surface area (Å²) in [6, 6.07) is 204. The van der Waals surface area contributed by atoms with Crippen LogP contribution in [0, 0.1) is 0 Å². The fourth-order valence-corrected chi connectivity index (χ4v) is 21.1. The summed E-state index contributed by atoms with van der Waals surface area (Å²) in [6.45, 7) is 0. The van der Waals surface area contributed by atoms with E-state index in [9.17, 15) is 0 Å². The van der Waals surface area contributed by atoms with Crippen LogP contribution in [0.15, 0.2) is 558 Å². The van der Waals surface area contributed by atoms with Gasteiger partial charge in [-0.25, -0.2) is 0 Å². The Morgan fingerprint density at radius 2 is 0.236 bits per heavy atom. The van der Waals surface area contributed by atoms with Crippen LogP contribution >= 0.6 is 0 Å². The average molecular weight is 1780 g/mol. The Morgan fingerprint density at radius 1 is 0.0786 bits per heavy atom. The second-order valence-corrected chi connectivity index (χ2v) is 36.6. The normalized spacial score (nSPS) is 11.4. The van der Waals surface area contributed by atoms with E-state index in [4.69, 9.17) is 0 Å². The molecule has 0 spiro atoms. The molecule has 24 aromatic carbocycles. The van der Waals surface area contributed by atoms with Crippen LogP contribution in [0.4, 0.5) is 0 Å². The molecule has 0 aliphatic carbocycles. The van der Waals surface area contributed by atoms with Crippen LogP contribution in [-0.4, -0.2) is 9.13 Å². The van der Waals surface area contributed by atoms with Gasteiger partial charge in [0.15, 0.2) is 0 Å². The van der Waals surface area contributed by atoms with Gasteiger partial charge in [-0.2, -0.15) is 0 Å². The first-order chi connectivity index (χ1) is 69.3. The van der Waals surface area contributed by atoms with Crippen molar-refractivity contribution in [3.8, 4) is 178 Å². The number of para-hydroxylation sites is 2. The van der Waals surface area contributed by atoms with Crippen molar-refractivity contribution in [3.05, 3.63) is 558 Å². The molecule has 2 heteroatoms. The van der Waals surface area contributed by atoms with Crippen LogP contribution < -0.4 is 0 Å². The molecule has 654 valence electrons. The summed E-state index contributed by atoms with van der Waals surface area (Å²) in [6.07, 6.45) is 0. The summed E-state index contributed by atoms with van der Waals surface area (Å²) < 4.78 is 4.82. The maximum atomic E-state index is 2.41. The lowest BCUT2D eigenvalue weighted by molar-refractivity contribution is 1.18. The summed E-state index contributed by atoms with van der Waals surface area (Å²) in [5.74, 6) is 0. The third kappa shape index (κ3) is 16.2. The molecule has 26 aromatic rings. The van der Waals surface area contributed by atoms with Gasteiger partial charge in [0.2, 0.25) is 0 Å². The van der Waals surface area contributed by atoms with Gasteiger partial charge >= 0.3 is 0 Å². The molecule has 0 saturated carbocycles. The second-order valence-electron chi connectivity index (χ2n) is 36.6. The Bertz CT molecular complexity index is 8590. The van der Waals surface area contributed by atoms with Gasteiger partial charge in [0, 0.05) is 32.9 Å². The van der Waals surface area contributed by atoms with Crippen LogP contribution in [0.1, 0.15) is 0 Å². The first kappa shape index (κ1) is 83.5. The van der Waals surface area contributed by atoms with E-state index >= 15 is 0 Å². The summed E-state index contributed by atoms with van der Waals surface area (Å²) in [5.41, 5.74) is 43.0. The maximum absolute atomic E-state index is 2.41. The molecular formula is C138H92N2. The Labute approximate surface area is 815 Å². The molecule has 0 fully saturated rings. The lowest BCUT2D eigenvalue weighted by atomic mass is 9.89. The monoisotopic (exact) mass is 1780 g/mol. The molecule has 2 heterocycles. The number of fused-ring (bicyclic) bond motifs is 12. The summed E-state index contributed by atoms with van der Waals surface area (Å²) >= 11 is 0. The Balaban J connectivity index is 0.000000164. The summed E-state index contributed by atoms with van der Waals surface area (Å²) in [7, 11) is 0. The van der Waals surface area contributed by atoms with Crippen LogP contribution in [0.2, 0.25) is 0 Å². The minimum atomic E-state index is 1.13. The van der Waals surface area contributed by atoms with E-state index in [2.05, 4.69) is 567 Å². The molecule has 0 aliphatic heterocycles. The van der Waals surface area contributed by atoms with Crippen LogP contribution in [0.3, 0.4) is 0 Å². The number of aromatic nitrogens is 2. The molecule has 0 N–H and O–H groups in total. The van der Waals surface area contributed by atoms with Crippen molar-refractivity contribution >= 4 is 75.9 Å². The SMILES string of the molecule is c1ccc(-c2cc(-c3ccccc3)cc(-c3cccc(-c4ccc5c(c4)c4ccccc4n5-c4ccc(-c5ccc(-n6c7ccccc7c7cc(-c8cccc(-c9cc(-c%10ccccc%10)cc(-c%10ccccc%10)c9)c8)ccc76)cc5)cc4)c3)c2)cc1.c1ccc(-c2cccc(-c3cc(-c4cccc(-c5ccccc5)c4)cc(-c4cccc(-c5ccc6c7ccccc7c7ccccc7c6c5)c4)c3)c2)cc1. The van der Waals surface area contributed by atoms with E-state index in [-0.39, 0.29) is 0 Å². The molecule has 0 atom stereocenters. The highest BCUT2D eigenvalue weighted by Crippen LogP contribution is 2.46. The van der Waals surface area contributed by atoms with Gasteiger partial charge in [0.1, 0.15) is 0 Å². The van der Waals surface area contributed by atoms with Gasteiger partial charge in [-0.3, -0.25) is 0 Å². The van der Waals surface area contributed by atoms with Gasteiger partial charge in [-0.05, 0) is 351 Å². The highest BCUT2D eigenvalue weighted by Gasteiger charge is 2.21. The zero-order valence-electron chi connectivity index (χ0n) is 77.0. The molecule has 0 saturated heterocycles. The van der Waals surface area contributed by atoms with Gasteiger partial charge in [0.25, 0.3) is 0 Å². The zero-order chi connectivity index (χ0) is 92.8. The summed E-state index contributed by atoms with van der Waals surface area (Å²) in [4.78, 5) is 0. The molecule has 0 unspecified atom stereocenters. The van der Waals surface area contributed by atoms with Gasteiger partial charge in [0.05, 0.1) is 22.1 Å². The zero-order valence-corrected chi connectivity index (χ0v) is 77.0. The van der Waals surface area contributed by atoms with Crippen LogP contribution in [0.5, 0.6) is 0 Å². The number of benzene rings is 24. The van der Waals surface area contributed by atoms with E-state index < -0.39 is 0 Å². The first-order valence-corrected chi connectivity index (χ1v) is 48.3. The van der Waals surface area contributed by atoms with Crippen molar-refractivity contribution in [2.24, 2.45) is 0 Å². The van der Waals surface area contributed by atoms with E-state index in [0.29, 0.717) is 0 Å². The third-order valence-electron chi connectivity index (χ3n) is 28.1. The molecule has 2 nitrogen and oxygen atoms in total. The van der Waals surface area contributed by atoms with Gasteiger partial charge in [-0.15, -0.1) is 0 Å². The number of rotatable bonds is 17. The Kier molecular flexibility index (Phi) is 21.7. The minimum Gasteiger partial charge on any atom is -0.309 e. The van der Waals surface area contributed by atoms with Gasteiger partial charge in [-0.1, -0.05) is 406 Å². The predicted octanol–water partition coefficient (Wildman–Crippen LogP) is 38.0. The van der Waals surface area contributed by atoms with Crippen molar-refractivity contribution in [2.75, 3.05) is 0 Å². The highest BCUT2D eigenvalue weighted by molar-refractivity contribution is 6.26. The molecule has 140 heavy (non-hydrogen) atoms. The van der Waals surface area contributed by atoms with Gasteiger partial charge < -0.3 is 9.13 Å². The average Bonchev–Trinajstić information content (AvgIpc) is 0.978. The smallest absolute Gasteiger partial charge is 0.0541 e. The topological polar surface area (TPSA) is 9.86 Å². The van der Waals surface area contributed by atoms with Crippen molar-refractivity contribution in [1.29, 1.82) is 0 Å². The van der Waals surface area contributed by atoms with Crippen molar-refractivity contribution in [3.63, 3.8) is 0 Å². The standard InChI is InChI=1S/C84H56N2.C54H36/c1-5-19-57(20-6-1)69-49-70(58-21-7-2-8-22-58)52-73(51-69)65-29-17-27-63(47-65)67-39-45-83-79(55-67)77-31-13-15-33-81(77)85(83)75-41-35-61(36-42-75)62-37-43-76(44-38-62)86-82-34-16-14-32-78(82)80-56-68(40-46-84(80)86)64-28-18-30-66(48-64)74-53-71(59-23-9-3-10-24-59)50-72(54-74)60-25-11-4-12-26-60;1-3-14-37(15-4-1)39-18-11-21-42(30-39)46-33-47(43-22-12-19-40(31-43)38-16-5-2-6-17-38)35-48(34-46)44-23-13-20-41(32-44)45-28-29-53-51-26-8-7-24-49(51)50-25-9-10-27-52(50)54(53)36-45/h1-56H;1-36H. The summed E-state index contributed by atoms with van der Waals surface area (Å²) in [5, 5.41) is 12.7. The molecule has 0 bridgehead atoms. The van der Waals surface area contributed by atoms with Crippen LogP contribution in [0.25, 0.3) is 254 Å². The van der Waals surface area contributed by atoms with E-state index in [1.165, 1.54) is 243 Å². The van der Waals surface area contributed by atoms with Crippen LogP contribution in [-0.2, 0) is 0 Å². The van der Waals surface area contributed by atoms with Crippen molar-refractivity contribution in [1.82, 2.24) is 9.13 Å². The molecule has 26 rings (SSSR count). The first-order valence-electron chi connectivity index (χ1n) is 48.3. The van der Waals surface area contributed by atoms with E-state index in [1.54, 1.807) is 0 Å².